The number of benzene rings is 2. The van der Waals surface area contributed by atoms with Gasteiger partial charge in [0.15, 0.2) is 0 Å². The van der Waals surface area contributed by atoms with Gasteiger partial charge < -0.3 is 9.84 Å². The van der Waals surface area contributed by atoms with E-state index in [0.717, 1.165) is 10.0 Å². The first-order valence-electron chi connectivity index (χ1n) is 5.84. The molecule has 0 aliphatic rings. The molecule has 0 aliphatic heterocycles. The Hall–Kier alpha value is -1.54. The number of ether oxygens (including phenoxy) is 1. The molecule has 0 saturated heterocycles. The molecular formula is C15H11BrClNO2. The minimum Gasteiger partial charge on any atom is -0.488 e. The van der Waals surface area contributed by atoms with E-state index in [-0.39, 0.29) is 13.2 Å². The maximum absolute atomic E-state index is 9.30. The van der Waals surface area contributed by atoms with Crippen molar-refractivity contribution in [1.82, 2.24) is 0 Å². The molecule has 0 amide bonds. The molecule has 0 unspecified atom stereocenters. The molecule has 2 aromatic carbocycles. The number of nitrogens with zero attached hydrogens (tertiary/aromatic N) is 1. The van der Waals surface area contributed by atoms with E-state index < -0.39 is 0 Å². The zero-order valence-electron chi connectivity index (χ0n) is 10.4. The molecule has 0 bridgehead atoms. The van der Waals surface area contributed by atoms with Gasteiger partial charge in [0.1, 0.15) is 12.4 Å². The molecule has 0 aliphatic carbocycles. The van der Waals surface area contributed by atoms with E-state index in [9.17, 15) is 5.11 Å². The summed E-state index contributed by atoms with van der Waals surface area (Å²) in [7, 11) is 0. The van der Waals surface area contributed by atoms with Crippen LogP contribution in [0.3, 0.4) is 0 Å². The molecule has 5 heteroatoms. The van der Waals surface area contributed by atoms with Crippen molar-refractivity contribution in [3.05, 3.63) is 62.6 Å². The Kier molecular flexibility index (Phi) is 5.02. The summed E-state index contributed by atoms with van der Waals surface area (Å²) >= 11 is 9.43. The first-order chi connectivity index (χ1) is 9.63. The van der Waals surface area contributed by atoms with Gasteiger partial charge in [0.05, 0.1) is 18.2 Å². The molecule has 0 radical (unpaired) electrons. The summed E-state index contributed by atoms with van der Waals surface area (Å²) < 4.78 is 6.56. The van der Waals surface area contributed by atoms with E-state index >= 15 is 0 Å². The van der Waals surface area contributed by atoms with E-state index in [4.69, 9.17) is 21.6 Å². The monoisotopic (exact) mass is 351 g/mol. The molecule has 20 heavy (non-hydrogen) atoms. The van der Waals surface area contributed by atoms with Crippen LogP contribution in [0.2, 0.25) is 5.02 Å². The summed E-state index contributed by atoms with van der Waals surface area (Å²) in [5, 5.41) is 18.6. The molecule has 2 aromatic rings. The third-order valence-corrected chi connectivity index (χ3v) is 3.60. The lowest BCUT2D eigenvalue weighted by atomic mass is 10.1. The third kappa shape index (κ3) is 3.51. The second-order valence-corrected chi connectivity index (χ2v) is 5.44. The fourth-order valence-electron chi connectivity index (χ4n) is 1.70. The SMILES string of the molecule is N#Cc1ccc(COc2ccc(Br)cc2CO)c(Cl)c1. The van der Waals surface area contributed by atoms with E-state index in [1.54, 1.807) is 30.3 Å². The van der Waals surface area contributed by atoms with Crippen molar-refractivity contribution in [3.63, 3.8) is 0 Å². The number of halogens is 2. The van der Waals surface area contributed by atoms with Gasteiger partial charge in [-0.25, -0.2) is 0 Å². The molecule has 102 valence electrons. The highest BCUT2D eigenvalue weighted by Crippen LogP contribution is 2.25. The minimum absolute atomic E-state index is 0.101. The quantitative estimate of drug-likeness (QED) is 0.903. The first-order valence-corrected chi connectivity index (χ1v) is 7.01. The van der Waals surface area contributed by atoms with Crippen LogP contribution in [0, 0.1) is 11.3 Å². The molecule has 3 nitrogen and oxygen atoms in total. The summed E-state index contributed by atoms with van der Waals surface area (Å²) in [5.41, 5.74) is 2.00. The molecule has 0 saturated carbocycles. The van der Waals surface area contributed by atoms with Gasteiger partial charge in [0.25, 0.3) is 0 Å². The van der Waals surface area contributed by atoms with Crippen molar-refractivity contribution >= 4 is 27.5 Å². The lowest BCUT2D eigenvalue weighted by Gasteiger charge is -2.11. The number of aliphatic hydroxyl groups is 1. The zero-order chi connectivity index (χ0) is 14.5. The van der Waals surface area contributed by atoms with Crippen LogP contribution in [-0.4, -0.2) is 5.11 Å². The average Bonchev–Trinajstić information content (AvgIpc) is 2.46. The summed E-state index contributed by atoms with van der Waals surface area (Å²) in [4.78, 5) is 0. The van der Waals surface area contributed by atoms with Gasteiger partial charge in [-0.05, 0) is 30.3 Å². The highest BCUT2D eigenvalue weighted by molar-refractivity contribution is 9.10. The van der Waals surface area contributed by atoms with Gasteiger partial charge in [-0.2, -0.15) is 5.26 Å². The Bertz CT molecular complexity index is 667. The second kappa shape index (κ2) is 6.76. The summed E-state index contributed by atoms with van der Waals surface area (Å²) in [6.45, 7) is 0.176. The zero-order valence-corrected chi connectivity index (χ0v) is 12.8. The van der Waals surface area contributed by atoms with Gasteiger partial charge >= 0.3 is 0 Å². The Balaban J connectivity index is 2.15. The summed E-state index contributed by atoms with van der Waals surface area (Å²) in [6, 6.07) is 12.5. The Morgan fingerprint density at radius 2 is 2.00 bits per heavy atom. The fraction of sp³-hybridized carbons (Fsp3) is 0.133. The Morgan fingerprint density at radius 1 is 1.20 bits per heavy atom. The minimum atomic E-state index is -0.101. The lowest BCUT2D eigenvalue weighted by molar-refractivity contribution is 0.259. The van der Waals surface area contributed by atoms with Crippen LogP contribution in [0.25, 0.3) is 0 Å². The molecule has 0 heterocycles. The summed E-state index contributed by atoms with van der Waals surface area (Å²) in [5.74, 6) is 0.608. The third-order valence-electron chi connectivity index (χ3n) is 2.76. The van der Waals surface area contributed by atoms with Crippen molar-refractivity contribution in [3.8, 4) is 11.8 Å². The predicted molar refractivity (Wildman–Crippen MR) is 80.6 cm³/mol. The van der Waals surface area contributed by atoms with E-state index in [0.29, 0.717) is 21.9 Å². The molecule has 0 aromatic heterocycles. The van der Waals surface area contributed by atoms with Crippen molar-refractivity contribution in [2.45, 2.75) is 13.2 Å². The fourth-order valence-corrected chi connectivity index (χ4v) is 2.35. The van der Waals surface area contributed by atoms with Gasteiger partial charge in [-0.3, -0.25) is 0 Å². The molecule has 0 atom stereocenters. The van der Waals surface area contributed by atoms with Crippen LogP contribution < -0.4 is 4.74 Å². The molecular weight excluding hydrogens is 342 g/mol. The van der Waals surface area contributed by atoms with E-state index in [1.165, 1.54) is 0 Å². The number of aliphatic hydroxyl groups excluding tert-OH is 1. The summed E-state index contributed by atoms with van der Waals surface area (Å²) in [6.07, 6.45) is 0. The maximum Gasteiger partial charge on any atom is 0.125 e. The molecule has 2 rings (SSSR count). The van der Waals surface area contributed by atoms with E-state index in [2.05, 4.69) is 15.9 Å². The first kappa shape index (κ1) is 14.9. The van der Waals surface area contributed by atoms with Crippen molar-refractivity contribution in [1.29, 1.82) is 5.26 Å². The molecule has 0 spiro atoms. The number of hydrogen-bond acceptors (Lipinski definition) is 3. The molecule has 0 fully saturated rings. The van der Waals surface area contributed by atoms with Crippen LogP contribution in [0.15, 0.2) is 40.9 Å². The number of hydrogen-bond donors (Lipinski definition) is 1. The standard InChI is InChI=1S/C15H11BrClNO2/c16-13-3-4-15(12(6-13)8-19)20-9-11-2-1-10(7-18)5-14(11)17/h1-6,19H,8-9H2. The van der Waals surface area contributed by atoms with Crippen molar-refractivity contribution in [2.75, 3.05) is 0 Å². The van der Waals surface area contributed by atoms with Gasteiger partial charge in [0.2, 0.25) is 0 Å². The largest absolute Gasteiger partial charge is 0.488 e. The lowest BCUT2D eigenvalue weighted by Crippen LogP contribution is -1.99. The number of rotatable bonds is 4. The van der Waals surface area contributed by atoms with Crippen LogP contribution in [0.4, 0.5) is 0 Å². The average molecular weight is 353 g/mol. The normalized spacial score (nSPS) is 10.1. The van der Waals surface area contributed by atoms with Crippen molar-refractivity contribution < 1.29 is 9.84 Å². The maximum atomic E-state index is 9.30. The molecule has 1 N–H and O–H groups in total. The van der Waals surface area contributed by atoms with Crippen LogP contribution >= 0.6 is 27.5 Å². The Labute approximate surface area is 130 Å². The Morgan fingerprint density at radius 3 is 2.65 bits per heavy atom. The highest BCUT2D eigenvalue weighted by atomic mass is 79.9. The highest BCUT2D eigenvalue weighted by Gasteiger charge is 2.07. The predicted octanol–water partition coefficient (Wildman–Crippen LogP) is 4.05. The van der Waals surface area contributed by atoms with Crippen LogP contribution in [-0.2, 0) is 13.2 Å². The van der Waals surface area contributed by atoms with Gasteiger partial charge in [-0.1, -0.05) is 33.6 Å². The second-order valence-electron chi connectivity index (χ2n) is 4.12. The van der Waals surface area contributed by atoms with E-state index in [1.807, 2.05) is 12.1 Å². The van der Waals surface area contributed by atoms with Gasteiger partial charge in [-0.15, -0.1) is 0 Å². The van der Waals surface area contributed by atoms with Crippen LogP contribution in [0.5, 0.6) is 5.75 Å². The number of nitriles is 1. The van der Waals surface area contributed by atoms with Gasteiger partial charge in [0, 0.05) is 20.6 Å². The topological polar surface area (TPSA) is 53.2 Å². The van der Waals surface area contributed by atoms with Crippen molar-refractivity contribution in [2.24, 2.45) is 0 Å². The van der Waals surface area contributed by atoms with Crippen LogP contribution in [0.1, 0.15) is 16.7 Å². The smallest absolute Gasteiger partial charge is 0.125 e.